The van der Waals surface area contributed by atoms with Crippen molar-refractivity contribution in [2.45, 2.75) is 71.9 Å². The molecule has 2 aliphatic rings. The van der Waals surface area contributed by atoms with Crippen LogP contribution in [0.25, 0.3) is 0 Å². The van der Waals surface area contributed by atoms with Gasteiger partial charge in [-0.3, -0.25) is 9.59 Å². The summed E-state index contributed by atoms with van der Waals surface area (Å²) in [4.78, 5) is 24.5. The first-order chi connectivity index (χ1) is 9.88. The maximum Gasteiger partial charge on any atom is 0.242 e. The van der Waals surface area contributed by atoms with Crippen molar-refractivity contribution >= 4 is 11.8 Å². The number of rotatable bonds is 8. The molecule has 0 bridgehead atoms. The quantitative estimate of drug-likeness (QED) is 0.722. The van der Waals surface area contributed by atoms with Crippen molar-refractivity contribution in [2.24, 2.45) is 23.7 Å². The summed E-state index contributed by atoms with van der Waals surface area (Å²) in [6, 6.07) is -0.0389. The molecular formula is C17H30N2O2. The highest BCUT2D eigenvalue weighted by Crippen LogP contribution is 2.44. The van der Waals surface area contributed by atoms with Crippen LogP contribution < -0.4 is 10.6 Å². The second kappa shape index (κ2) is 6.80. The van der Waals surface area contributed by atoms with Crippen molar-refractivity contribution in [3.63, 3.8) is 0 Å². The molecule has 2 saturated carbocycles. The Morgan fingerprint density at radius 1 is 0.905 bits per heavy atom. The number of carbonyl (C=O) groups is 2. The van der Waals surface area contributed by atoms with E-state index in [1.165, 1.54) is 25.7 Å². The first kappa shape index (κ1) is 16.3. The number of nitrogens with one attached hydrogen (secondary N) is 2. The third-order valence-electron chi connectivity index (χ3n) is 4.43. The lowest BCUT2D eigenvalue weighted by Gasteiger charge is -2.25. The molecule has 0 heterocycles. The van der Waals surface area contributed by atoms with Gasteiger partial charge >= 0.3 is 0 Å². The van der Waals surface area contributed by atoms with Crippen molar-refractivity contribution in [3.05, 3.63) is 0 Å². The van der Waals surface area contributed by atoms with Gasteiger partial charge in [-0.1, -0.05) is 27.7 Å². The van der Waals surface area contributed by atoms with Gasteiger partial charge in [-0.2, -0.15) is 0 Å². The summed E-state index contributed by atoms with van der Waals surface area (Å²) >= 11 is 0. The van der Waals surface area contributed by atoms with E-state index >= 15 is 0 Å². The third kappa shape index (κ3) is 5.01. The molecule has 2 rings (SSSR count). The lowest BCUT2D eigenvalue weighted by Crippen LogP contribution is -2.52. The Morgan fingerprint density at radius 2 is 1.43 bits per heavy atom. The summed E-state index contributed by atoms with van der Waals surface area (Å²) in [5.74, 6) is 1.64. The van der Waals surface area contributed by atoms with E-state index in [4.69, 9.17) is 0 Å². The fraction of sp³-hybridized carbons (Fsp3) is 0.882. The van der Waals surface area contributed by atoms with Crippen LogP contribution >= 0.6 is 0 Å². The second-order valence-electron chi connectivity index (χ2n) is 7.55. The number of hydrogen-bond acceptors (Lipinski definition) is 2. The Kier molecular flexibility index (Phi) is 5.28. The Balaban J connectivity index is 1.93. The minimum atomic E-state index is -0.389. The number of hydrogen-bond donors (Lipinski definition) is 2. The molecule has 0 saturated heterocycles. The standard InChI is InChI=1S/C17H30N2O2/c1-10(2)9-14(18-16(20)11(3)4)17(21)19-15(12-5-6-12)13-7-8-13/h10-15H,5-9H2,1-4H3,(H,18,20)(H,19,21)/t14-/m0/s1. The number of carbonyl (C=O) groups excluding carboxylic acids is 2. The largest absolute Gasteiger partial charge is 0.351 e. The van der Waals surface area contributed by atoms with E-state index in [1.807, 2.05) is 13.8 Å². The average Bonchev–Trinajstić information content (AvgIpc) is 3.27. The van der Waals surface area contributed by atoms with E-state index in [-0.39, 0.29) is 23.8 Å². The second-order valence-corrected chi connectivity index (χ2v) is 7.55. The molecule has 0 radical (unpaired) electrons. The van der Waals surface area contributed by atoms with E-state index in [9.17, 15) is 9.59 Å². The molecule has 4 nitrogen and oxygen atoms in total. The van der Waals surface area contributed by atoms with Crippen LogP contribution in [0.2, 0.25) is 0 Å². The monoisotopic (exact) mass is 294 g/mol. The predicted molar refractivity (Wildman–Crippen MR) is 83.6 cm³/mol. The molecular weight excluding hydrogens is 264 g/mol. The minimum absolute atomic E-state index is 0.0153. The van der Waals surface area contributed by atoms with Gasteiger partial charge in [-0.25, -0.2) is 0 Å². The molecule has 0 aromatic rings. The van der Waals surface area contributed by atoms with Gasteiger partial charge in [0.1, 0.15) is 6.04 Å². The van der Waals surface area contributed by atoms with E-state index < -0.39 is 0 Å². The maximum atomic E-state index is 12.6. The fourth-order valence-corrected chi connectivity index (χ4v) is 2.84. The summed E-state index contributed by atoms with van der Waals surface area (Å²) in [6.07, 6.45) is 5.68. The summed E-state index contributed by atoms with van der Waals surface area (Å²) in [5.41, 5.74) is 0. The molecule has 2 aliphatic carbocycles. The minimum Gasteiger partial charge on any atom is -0.351 e. The molecule has 0 unspecified atom stereocenters. The summed E-state index contributed by atoms with van der Waals surface area (Å²) in [7, 11) is 0. The Hall–Kier alpha value is -1.06. The first-order valence-corrected chi connectivity index (χ1v) is 8.49. The lowest BCUT2D eigenvalue weighted by molar-refractivity contribution is -0.131. The van der Waals surface area contributed by atoms with Crippen LogP contribution in [-0.4, -0.2) is 23.9 Å². The van der Waals surface area contributed by atoms with E-state index in [1.54, 1.807) is 0 Å². The normalized spacial score (nSPS) is 20.0. The van der Waals surface area contributed by atoms with Crippen LogP contribution in [0.15, 0.2) is 0 Å². The molecule has 120 valence electrons. The van der Waals surface area contributed by atoms with Gasteiger partial charge in [-0.05, 0) is 49.9 Å². The van der Waals surface area contributed by atoms with Crippen LogP contribution in [0, 0.1) is 23.7 Å². The molecule has 21 heavy (non-hydrogen) atoms. The zero-order valence-electron chi connectivity index (χ0n) is 13.8. The molecule has 0 aromatic carbocycles. The van der Waals surface area contributed by atoms with Gasteiger partial charge in [0, 0.05) is 12.0 Å². The highest BCUT2D eigenvalue weighted by atomic mass is 16.2. The van der Waals surface area contributed by atoms with Crippen LogP contribution in [0.5, 0.6) is 0 Å². The molecule has 0 aliphatic heterocycles. The van der Waals surface area contributed by atoms with Crippen molar-refractivity contribution in [3.8, 4) is 0 Å². The zero-order valence-corrected chi connectivity index (χ0v) is 13.8. The topological polar surface area (TPSA) is 58.2 Å². The highest BCUT2D eigenvalue weighted by molar-refractivity contribution is 5.88. The molecule has 0 spiro atoms. The number of amides is 2. The zero-order chi connectivity index (χ0) is 15.6. The highest BCUT2D eigenvalue weighted by Gasteiger charge is 2.43. The van der Waals surface area contributed by atoms with Gasteiger partial charge in [0.25, 0.3) is 0 Å². The van der Waals surface area contributed by atoms with Crippen molar-refractivity contribution in [2.75, 3.05) is 0 Å². The summed E-state index contributed by atoms with van der Waals surface area (Å²) in [6.45, 7) is 7.88. The van der Waals surface area contributed by atoms with E-state index in [0.29, 0.717) is 30.2 Å². The predicted octanol–water partition coefficient (Wildman–Crippen LogP) is 2.48. The Labute approximate surface area is 128 Å². The van der Waals surface area contributed by atoms with Crippen LogP contribution in [0.3, 0.4) is 0 Å². The molecule has 1 atom stereocenters. The van der Waals surface area contributed by atoms with Crippen LogP contribution in [0.4, 0.5) is 0 Å². The SMILES string of the molecule is CC(C)C[C@H](NC(=O)C(C)C)C(=O)NC(C1CC1)C1CC1. The molecule has 4 heteroatoms. The Bertz CT molecular complexity index is 372. The van der Waals surface area contributed by atoms with Crippen molar-refractivity contribution in [1.29, 1.82) is 0 Å². The Morgan fingerprint density at radius 3 is 1.81 bits per heavy atom. The smallest absolute Gasteiger partial charge is 0.242 e. The third-order valence-corrected chi connectivity index (χ3v) is 4.43. The lowest BCUT2D eigenvalue weighted by atomic mass is 10.0. The average molecular weight is 294 g/mol. The molecule has 0 aromatic heterocycles. The van der Waals surface area contributed by atoms with Crippen LogP contribution in [-0.2, 0) is 9.59 Å². The fourth-order valence-electron chi connectivity index (χ4n) is 2.84. The van der Waals surface area contributed by atoms with Gasteiger partial charge in [0.05, 0.1) is 0 Å². The van der Waals surface area contributed by atoms with Crippen molar-refractivity contribution in [1.82, 2.24) is 10.6 Å². The van der Waals surface area contributed by atoms with E-state index in [2.05, 4.69) is 24.5 Å². The van der Waals surface area contributed by atoms with Gasteiger partial charge < -0.3 is 10.6 Å². The maximum absolute atomic E-state index is 12.6. The molecule has 2 fully saturated rings. The van der Waals surface area contributed by atoms with Gasteiger partial charge in [0.15, 0.2) is 0 Å². The summed E-state index contributed by atoms with van der Waals surface area (Å²) < 4.78 is 0. The van der Waals surface area contributed by atoms with Gasteiger partial charge in [0.2, 0.25) is 11.8 Å². The molecule has 2 amide bonds. The molecule has 2 N–H and O–H groups in total. The van der Waals surface area contributed by atoms with Gasteiger partial charge in [-0.15, -0.1) is 0 Å². The van der Waals surface area contributed by atoms with Crippen molar-refractivity contribution < 1.29 is 9.59 Å². The summed E-state index contributed by atoms with van der Waals surface area (Å²) in [5, 5.41) is 6.16. The van der Waals surface area contributed by atoms with Crippen LogP contribution in [0.1, 0.15) is 59.8 Å². The van der Waals surface area contributed by atoms with E-state index in [0.717, 1.165) is 0 Å². The first-order valence-electron chi connectivity index (χ1n) is 8.49.